The Morgan fingerprint density at radius 2 is 2.07 bits per heavy atom. The molecule has 0 spiro atoms. The number of hydrogen-bond donors (Lipinski definition) is 2. The van der Waals surface area contributed by atoms with Crippen LogP contribution in [0.1, 0.15) is 5.56 Å². The van der Waals surface area contributed by atoms with Gasteiger partial charge in [-0.25, -0.2) is 0 Å². The van der Waals surface area contributed by atoms with Gasteiger partial charge in [0.15, 0.2) is 5.96 Å². The summed E-state index contributed by atoms with van der Waals surface area (Å²) in [4.78, 5) is 5.25. The van der Waals surface area contributed by atoms with Crippen molar-refractivity contribution >= 4 is 17.7 Å². The molecule has 0 heterocycles. The molecule has 14 heavy (non-hydrogen) atoms. The van der Waals surface area contributed by atoms with Crippen LogP contribution in [0.15, 0.2) is 34.2 Å². The van der Waals surface area contributed by atoms with Gasteiger partial charge in [0.2, 0.25) is 0 Å². The maximum atomic E-state index is 5.25. The van der Waals surface area contributed by atoms with E-state index in [9.17, 15) is 0 Å². The zero-order chi connectivity index (χ0) is 10.4. The SMILES string of the molecule is CSc1ccccc1CCN=C(N)N. The molecule has 0 aliphatic carbocycles. The molecule has 1 rings (SSSR count). The maximum Gasteiger partial charge on any atom is 0.185 e. The number of thioether (sulfide) groups is 1. The van der Waals surface area contributed by atoms with E-state index in [1.807, 2.05) is 12.1 Å². The van der Waals surface area contributed by atoms with Crippen LogP contribution < -0.4 is 11.5 Å². The van der Waals surface area contributed by atoms with E-state index < -0.39 is 0 Å². The van der Waals surface area contributed by atoms with Crippen LogP contribution in [-0.4, -0.2) is 18.8 Å². The molecule has 0 saturated heterocycles. The number of nitrogens with zero attached hydrogens (tertiary/aromatic N) is 1. The van der Waals surface area contributed by atoms with Crippen LogP contribution >= 0.6 is 11.8 Å². The van der Waals surface area contributed by atoms with Gasteiger partial charge in [-0.1, -0.05) is 18.2 Å². The molecular weight excluding hydrogens is 194 g/mol. The van der Waals surface area contributed by atoms with Crippen LogP contribution in [0.2, 0.25) is 0 Å². The lowest BCUT2D eigenvalue weighted by Gasteiger charge is -2.04. The highest BCUT2D eigenvalue weighted by molar-refractivity contribution is 7.98. The fraction of sp³-hybridized carbons (Fsp3) is 0.300. The highest BCUT2D eigenvalue weighted by atomic mass is 32.2. The zero-order valence-corrected chi connectivity index (χ0v) is 9.05. The van der Waals surface area contributed by atoms with Crippen molar-refractivity contribution in [2.75, 3.05) is 12.8 Å². The highest BCUT2D eigenvalue weighted by Gasteiger charge is 1.98. The lowest BCUT2D eigenvalue weighted by Crippen LogP contribution is -2.23. The van der Waals surface area contributed by atoms with Gasteiger partial charge in [-0.05, 0) is 24.3 Å². The molecule has 4 heteroatoms. The normalized spacial score (nSPS) is 9.79. The van der Waals surface area contributed by atoms with Gasteiger partial charge < -0.3 is 11.5 Å². The molecule has 3 nitrogen and oxygen atoms in total. The molecule has 0 aliphatic rings. The van der Waals surface area contributed by atoms with Gasteiger partial charge in [0.1, 0.15) is 0 Å². The molecule has 0 saturated carbocycles. The van der Waals surface area contributed by atoms with Crippen molar-refractivity contribution in [3.63, 3.8) is 0 Å². The zero-order valence-electron chi connectivity index (χ0n) is 8.23. The molecule has 0 amide bonds. The summed E-state index contributed by atoms with van der Waals surface area (Å²) in [7, 11) is 0. The van der Waals surface area contributed by atoms with Crippen molar-refractivity contribution in [1.29, 1.82) is 0 Å². The average Bonchev–Trinajstić information content (AvgIpc) is 2.18. The summed E-state index contributed by atoms with van der Waals surface area (Å²) in [6.07, 6.45) is 2.95. The third-order valence-electron chi connectivity index (χ3n) is 1.87. The van der Waals surface area contributed by atoms with Crippen molar-refractivity contribution in [1.82, 2.24) is 0 Å². The number of aliphatic imine (C=N–C) groups is 1. The first kappa shape index (κ1) is 10.9. The molecule has 1 aromatic carbocycles. The van der Waals surface area contributed by atoms with Gasteiger partial charge >= 0.3 is 0 Å². The molecule has 0 aliphatic heterocycles. The molecule has 0 radical (unpaired) electrons. The summed E-state index contributed by atoms with van der Waals surface area (Å²) in [5.74, 6) is 0.159. The molecule has 0 bridgehead atoms. The fourth-order valence-electron chi connectivity index (χ4n) is 1.21. The smallest absolute Gasteiger partial charge is 0.185 e. The van der Waals surface area contributed by atoms with E-state index in [0.29, 0.717) is 6.54 Å². The molecule has 0 atom stereocenters. The van der Waals surface area contributed by atoms with Crippen molar-refractivity contribution in [3.05, 3.63) is 29.8 Å². The molecule has 76 valence electrons. The Morgan fingerprint density at radius 1 is 1.36 bits per heavy atom. The van der Waals surface area contributed by atoms with Crippen LogP contribution in [-0.2, 0) is 6.42 Å². The molecular formula is C10H15N3S. The van der Waals surface area contributed by atoms with E-state index in [4.69, 9.17) is 11.5 Å². The third-order valence-corrected chi connectivity index (χ3v) is 2.71. The Kier molecular flexibility index (Phi) is 4.32. The summed E-state index contributed by atoms with van der Waals surface area (Å²) in [6.45, 7) is 0.653. The van der Waals surface area contributed by atoms with Gasteiger partial charge in [0, 0.05) is 11.4 Å². The van der Waals surface area contributed by atoms with Gasteiger partial charge in [0.25, 0.3) is 0 Å². The summed E-state index contributed by atoms with van der Waals surface area (Å²) >= 11 is 1.74. The van der Waals surface area contributed by atoms with Crippen LogP contribution in [0, 0.1) is 0 Å². The number of nitrogens with two attached hydrogens (primary N) is 2. The average molecular weight is 209 g/mol. The predicted molar refractivity (Wildman–Crippen MR) is 62.6 cm³/mol. The van der Waals surface area contributed by atoms with Gasteiger partial charge in [-0.3, -0.25) is 4.99 Å². The number of hydrogen-bond acceptors (Lipinski definition) is 2. The van der Waals surface area contributed by atoms with E-state index in [0.717, 1.165) is 6.42 Å². The summed E-state index contributed by atoms with van der Waals surface area (Å²) in [6, 6.07) is 8.28. The third kappa shape index (κ3) is 3.30. The van der Waals surface area contributed by atoms with Crippen LogP contribution in [0.5, 0.6) is 0 Å². The Balaban J connectivity index is 2.62. The first-order chi connectivity index (χ1) is 6.74. The molecule has 1 aromatic rings. The van der Waals surface area contributed by atoms with Crippen LogP contribution in [0.25, 0.3) is 0 Å². The topological polar surface area (TPSA) is 64.4 Å². The Hall–Kier alpha value is -1.16. The second-order valence-electron chi connectivity index (χ2n) is 2.87. The summed E-state index contributed by atoms with van der Waals surface area (Å²) in [5.41, 5.74) is 11.8. The number of rotatable bonds is 4. The second kappa shape index (κ2) is 5.54. The minimum absolute atomic E-state index is 0.159. The minimum Gasteiger partial charge on any atom is -0.370 e. The van der Waals surface area contributed by atoms with Gasteiger partial charge in [0.05, 0.1) is 0 Å². The molecule has 0 fully saturated rings. The lowest BCUT2D eigenvalue weighted by atomic mass is 10.1. The monoisotopic (exact) mass is 209 g/mol. The lowest BCUT2D eigenvalue weighted by molar-refractivity contribution is 0.940. The first-order valence-corrected chi connectivity index (χ1v) is 5.64. The van der Waals surface area contributed by atoms with Gasteiger partial charge in [-0.2, -0.15) is 0 Å². The van der Waals surface area contributed by atoms with E-state index in [1.54, 1.807) is 11.8 Å². The summed E-state index contributed by atoms with van der Waals surface area (Å²) < 4.78 is 0. The largest absolute Gasteiger partial charge is 0.370 e. The molecule has 0 unspecified atom stereocenters. The number of guanidine groups is 1. The van der Waals surface area contributed by atoms with Crippen molar-refractivity contribution in [3.8, 4) is 0 Å². The quantitative estimate of drug-likeness (QED) is 0.445. The predicted octanol–water partition coefficient (Wildman–Crippen LogP) is 1.22. The number of benzene rings is 1. The highest BCUT2D eigenvalue weighted by Crippen LogP contribution is 2.19. The minimum atomic E-state index is 0.159. The standard InChI is InChI=1S/C10H15N3S/c1-14-9-5-3-2-4-8(9)6-7-13-10(11)12/h2-5H,6-7H2,1H3,(H4,11,12,13). The van der Waals surface area contributed by atoms with Crippen molar-refractivity contribution < 1.29 is 0 Å². The van der Waals surface area contributed by atoms with E-state index in [2.05, 4.69) is 23.4 Å². The van der Waals surface area contributed by atoms with E-state index in [1.165, 1.54) is 10.5 Å². The fourth-order valence-corrected chi connectivity index (χ4v) is 1.86. The van der Waals surface area contributed by atoms with Crippen LogP contribution in [0.4, 0.5) is 0 Å². The van der Waals surface area contributed by atoms with Crippen LogP contribution in [0.3, 0.4) is 0 Å². The second-order valence-corrected chi connectivity index (χ2v) is 3.72. The Bertz CT molecular complexity index is 319. The van der Waals surface area contributed by atoms with E-state index >= 15 is 0 Å². The molecule has 0 aromatic heterocycles. The van der Waals surface area contributed by atoms with Crippen molar-refractivity contribution in [2.45, 2.75) is 11.3 Å². The first-order valence-electron chi connectivity index (χ1n) is 4.41. The Labute approximate surface area is 88.6 Å². The Morgan fingerprint density at radius 3 is 2.71 bits per heavy atom. The van der Waals surface area contributed by atoms with Gasteiger partial charge in [-0.15, -0.1) is 11.8 Å². The van der Waals surface area contributed by atoms with Crippen molar-refractivity contribution in [2.24, 2.45) is 16.5 Å². The van der Waals surface area contributed by atoms with E-state index in [-0.39, 0.29) is 5.96 Å². The molecule has 4 N–H and O–H groups in total. The maximum absolute atomic E-state index is 5.25. The summed E-state index contributed by atoms with van der Waals surface area (Å²) in [5, 5.41) is 0.